The second-order valence-electron chi connectivity index (χ2n) is 7.56. The lowest BCUT2D eigenvalue weighted by Crippen LogP contribution is -2.49. The molecule has 2 aromatic rings. The van der Waals surface area contributed by atoms with Crippen molar-refractivity contribution in [3.63, 3.8) is 0 Å². The number of rotatable bonds is 12. The topological polar surface area (TPSA) is 84.5 Å². The Balaban J connectivity index is 1.98. The van der Waals surface area contributed by atoms with Gasteiger partial charge >= 0.3 is 0 Å². The van der Waals surface area contributed by atoms with Crippen LogP contribution >= 0.6 is 11.8 Å². The number of carbonyl (C=O) groups is 1. The first-order valence-electron chi connectivity index (χ1n) is 10.3. The van der Waals surface area contributed by atoms with Gasteiger partial charge in [-0.25, -0.2) is 8.42 Å². The van der Waals surface area contributed by atoms with Gasteiger partial charge in [0.05, 0.1) is 12.0 Å². The predicted molar refractivity (Wildman–Crippen MR) is 127 cm³/mol. The lowest BCUT2D eigenvalue weighted by molar-refractivity contribution is -0.123. The predicted octanol–water partition coefficient (Wildman–Crippen LogP) is 3.54. The molecule has 170 valence electrons. The monoisotopic (exact) mass is 464 g/mol. The summed E-state index contributed by atoms with van der Waals surface area (Å²) in [6.45, 7) is 3.83. The van der Waals surface area contributed by atoms with Crippen molar-refractivity contribution in [2.75, 3.05) is 19.1 Å². The van der Waals surface area contributed by atoms with E-state index in [1.54, 1.807) is 43.1 Å². The van der Waals surface area contributed by atoms with E-state index in [4.69, 9.17) is 4.74 Å². The van der Waals surface area contributed by atoms with Gasteiger partial charge in [-0.05, 0) is 74.9 Å². The van der Waals surface area contributed by atoms with Crippen LogP contribution in [0.25, 0.3) is 0 Å². The van der Waals surface area contributed by atoms with E-state index < -0.39 is 16.1 Å². The second-order valence-corrected chi connectivity index (χ2v) is 10.3. The normalized spacial score (nSPS) is 13.4. The van der Waals surface area contributed by atoms with Crippen LogP contribution in [0.15, 0.2) is 53.4 Å². The van der Waals surface area contributed by atoms with Gasteiger partial charge in [0.2, 0.25) is 15.9 Å². The SMILES string of the molecule is COc1ccc(CCC(C)NC(=O)C(CCSC)NS(=O)(=O)c2ccc(C)cc2)cc1. The van der Waals surface area contributed by atoms with Crippen LogP contribution in [0.5, 0.6) is 5.75 Å². The maximum Gasteiger partial charge on any atom is 0.241 e. The molecule has 31 heavy (non-hydrogen) atoms. The van der Waals surface area contributed by atoms with E-state index in [9.17, 15) is 13.2 Å². The molecule has 0 fully saturated rings. The Morgan fingerprint density at radius 2 is 1.71 bits per heavy atom. The fourth-order valence-corrected chi connectivity index (χ4v) is 4.74. The Hall–Kier alpha value is -2.03. The Kier molecular flexibility index (Phi) is 9.87. The minimum atomic E-state index is -3.78. The highest BCUT2D eigenvalue weighted by atomic mass is 32.2. The van der Waals surface area contributed by atoms with E-state index in [2.05, 4.69) is 10.0 Å². The number of hydrogen-bond donors (Lipinski definition) is 2. The first-order valence-corrected chi connectivity index (χ1v) is 13.1. The van der Waals surface area contributed by atoms with Crippen molar-refractivity contribution in [2.45, 2.75) is 50.1 Å². The molecular formula is C23H32N2O4S2. The highest BCUT2D eigenvalue weighted by Crippen LogP contribution is 2.14. The van der Waals surface area contributed by atoms with E-state index in [1.165, 1.54) is 0 Å². The highest BCUT2D eigenvalue weighted by Gasteiger charge is 2.26. The first kappa shape index (κ1) is 25.2. The zero-order valence-electron chi connectivity index (χ0n) is 18.6. The van der Waals surface area contributed by atoms with Crippen LogP contribution in [-0.2, 0) is 21.2 Å². The number of hydrogen-bond acceptors (Lipinski definition) is 5. The maximum absolute atomic E-state index is 12.9. The summed E-state index contributed by atoms with van der Waals surface area (Å²) < 4.78 is 33.3. The highest BCUT2D eigenvalue weighted by molar-refractivity contribution is 7.98. The molecule has 0 saturated heterocycles. The number of thioether (sulfide) groups is 1. The number of aryl methyl sites for hydroxylation is 2. The molecule has 2 aromatic carbocycles. The van der Waals surface area contributed by atoms with Crippen molar-refractivity contribution in [1.82, 2.24) is 10.0 Å². The molecular weight excluding hydrogens is 432 g/mol. The van der Waals surface area contributed by atoms with Crippen molar-refractivity contribution >= 4 is 27.7 Å². The molecule has 0 aliphatic carbocycles. The van der Waals surface area contributed by atoms with Gasteiger partial charge in [-0.3, -0.25) is 4.79 Å². The van der Waals surface area contributed by atoms with E-state index >= 15 is 0 Å². The molecule has 8 heteroatoms. The molecule has 6 nitrogen and oxygen atoms in total. The van der Waals surface area contributed by atoms with Crippen molar-refractivity contribution in [3.05, 3.63) is 59.7 Å². The number of ether oxygens (including phenoxy) is 1. The summed E-state index contributed by atoms with van der Waals surface area (Å²) in [4.78, 5) is 13.0. The summed E-state index contributed by atoms with van der Waals surface area (Å²) in [7, 11) is -2.15. The minimum Gasteiger partial charge on any atom is -0.497 e. The molecule has 0 heterocycles. The fourth-order valence-electron chi connectivity index (χ4n) is 3.04. The molecule has 2 unspecified atom stereocenters. The van der Waals surface area contributed by atoms with Crippen molar-refractivity contribution < 1.29 is 17.9 Å². The van der Waals surface area contributed by atoms with Gasteiger partial charge in [0, 0.05) is 6.04 Å². The summed E-state index contributed by atoms with van der Waals surface area (Å²) >= 11 is 1.58. The van der Waals surface area contributed by atoms with Gasteiger partial charge in [0.25, 0.3) is 0 Å². The van der Waals surface area contributed by atoms with Crippen LogP contribution in [0.1, 0.15) is 30.9 Å². The van der Waals surface area contributed by atoms with Gasteiger partial charge < -0.3 is 10.1 Å². The van der Waals surface area contributed by atoms with Crippen LogP contribution in [-0.4, -0.2) is 45.5 Å². The fraction of sp³-hybridized carbons (Fsp3) is 0.435. The van der Waals surface area contributed by atoms with Crippen LogP contribution in [0, 0.1) is 6.92 Å². The Bertz CT molecular complexity index is 929. The van der Waals surface area contributed by atoms with Crippen molar-refractivity contribution in [2.24, 2.45) is 0 Å². The quantitative estimate of drug-likeness (QED) is 0.502. The lowest BCUT2D eigenvalue weighted by Gasteiger charge is -2.21. The molecule has 0 saturated carbocycles. The zero-order chi connectivity index (χ0) is 22.9. The molecule has 2 N–H and O–H groups in total. The summed E-state index contributed by atoms with van der Waals surface area (Å²) in [5.74, 6) is 1.18. The third kappa shape index (κ3) is 8.20. The van der Waals surface area contributed by atoms with Crippen molar-refractivity contribution in [3.8, 4) is 5.75 Å². The molecule has 2 atom stereocenters. The number of carbonyl (C=O) groups excluding carboxylic acids is 1. The molecule has 2 rings (SSSR count). The molecule has 0 spiro atoms. The first-order chi connectivity index (χ1) is 14.7. The molecule has 0 bridgehead atoms. The summed E-state index contributed by atoms with van der Waals surface area (Å²) in [6, 6.07) is 13.5. The van der Waals surface area contributed by atoms with Gasteiger partial charge in [0.1, 0.15) is 11.8 Å². The largest absolute Gasteiger partial charge is 0.497 e. The third-order valence-corrected chi connectivity index (χ3v) is 7.10. The Morgan fingerprint density at radius 1 is 1.06 bits per heavy atom. The second kappa shape index (κ2) is 12.1. The van der Waals surface area contributed by atoms with E-state index in [0.717, 1.165) is 29.7 Å². The number of methoxy groups -OCH3 is 1. The molecule has 0 aliphatic heterocycles. The average molecular weight is 465 g/mol. The molecule has 0 aliphatic rings. The third-order valence-electron chi connectivity index (χ3n) is 4.97. The zero-order valence-corrected chi connectivity index (χ0v) is 20.2. The lowest BCUT2D eigenvalue weighted by atomic mass is 10.1. The Morgan fingerprint density at radius 3 is 2.29 bits per heavy atom. The van der Waals surface area contributed by atoms with Gasteiger partial charge in [-0.15, -0.1) is 0 Å². The van der Waals surface area contributed by atoms with Crippen molar-refractivity contribution in [1.29, 1.82) is 0 Å². The maximum atomic E-state index is 12.9. The number of amides is 1. The molecule has 0 aromatic heterocycles. The Labute approximate surface area is 190 Å². The van der Waals surface area contributed by atoms with Crippen LogP contribution in [0.2, 0.25) is 0 Å². The number of sulfonamides is 1. The standard InChI is InChI=1S/C23H32N2O4S2/c1-17-5-13-21(14-6-17)31(27,28)25-22(15-16-30-4)23(26)24-18(2)7-8-19-9-11-20(29-3)12-10-19/h5-6,9-14,18,22,25H,7-8,15-16H2,1-4H3,(H,24,26). The average Bonchev–Trinajstić information content (AvgIpc) is 2.75. The van der Waals surface area contributed by atoms with E-state index in [-0.39, 0.29) is 16.8 Å². The summed E-state index contributed by atoms with van der Waals surface area (Å²) in [5.41, 5.74) is 2.13. The molecule has 0 radical (unpaired) electrons. The van der Waals surface area contributed by atoms with Crippen LogP contribution in [0.4, 0.5) is 0 Å². The van der Waals surface area contributed by atoms with Gasteiger partial charge in [0.15, 0.2) is 0 Å². The minimum absolute atomic E-state index is 0.0877. The van der Waals surface area contributed by atoms with E-state index in [0.29, 0.717) is 12.2 Å². The van der Waals surface area contributed by atoms with Gasteiger partial charge in [-0.2, -0.15) is 16.5 Å². The van der Waals surface area contributed by atoms with Gasteiger partial charge in [-0.1, -0.05) is 29.8 Å². The number of benzene rings is 2. The van der Waals surface area contributed by atoms with Crippen LogP contribution in [0.3, 0.4) is 0 Å². The summed E-state index contributed by atoms with van der Waals surface area (Å²) in [6.07, 6.45) is 3.90. The van der Waals surface area contributed by atoms with Crippen LogP contribution < -0.4 is 14.8 Å². The summed E-state index contributed by atoms with van der Waals surface area (Å²) in [5, 5.41) is 2.97. The number of nitrogens with one attached hydrogen (secondary N) is 2. The van der Waals surface area contributed by atoms with E-state index in [1.807, 2.05) is 44.4 Å². The smallest absolute Gasteiger partial charge is 0.241 e. The molecule has 1 amide bonds.